The minimum absolute atomic E-state index is 0. The predicted octanol–water partition coefficient (Wildman–Crippen LogP) is 3.73. The first-order valence-electron chi connectivity index (χ1n) is 5.06. The highest BCUT2D eigenvalue weighted by Crippen LogP contribution is 2.34. The maximum atomic E-state index is 6.04. The molecule has 0 radical (unpaired) electrons. The second-order valence-electron chi connectivity index (χ2n) is 3.61. The van der Waals surface area contributed by atoms with Crippen LogP contribution in [0.5, 0.6) is 0 Å². The summed E-state index contributed by atoms with van der Waals surface area (Å²) in [5, 5.41) is 0. The van der Waals surface area contributed by atoms with Gasteiger partial charge in [0.1, 0.15) is 0 Å². The van der Waals surface area contributed by atoms with E-state index >= 15 is 0 Å². The van der Waals surface area contributed by atoms with E-state index < -0.39 is 0 Å². The maximum absolute atomic E-state index is 6.04. The molecule has 0 spiro atoms. The van der Waals surface area contributed by atoms with Gasteiger partial charge in [-0.05, 0) is 30.5 Å². The molecule has 0 aromatic carbocycles. The summed E-state index contributed by atoms with van der Waals surface area (Å²) >= 11 is 0. The summed E-state index contributed by atoms with van der Waals surface area (Å²) in [5.41, 5.74) is 10.4. The van der Waals surface area contributed by atoms with E-state index in [1.807, 2.05) is 6.07 Å². The molecule has 0 fully saturated rings. The Labute approximate surface area is 96.2 Å². The van der Waals surface area contributed by atoms with Crippen molar-refractivity contribution in [3.05, 3.63) is 30.2 Å². The van der Waals surface area contributed by atoms with Crippen LogP contribution in [0.3, 0.4) is 0 Å². The normalized spacial score (nSPS) is 10.2. The van der Waals surface area contributed by atoms with Crippen LogP contribution in [0.1, 0.15) is 25.3 Å². The second kappa shape index (κ2) is 5.08. The molecule has 2 rings (SSSR count). The molecule has 0 saturated heterocycles. The van der Waals surface area contributed by atoms with Gasteiger partial charge in [0.15, 0.2) is 0 Å². The van der Waals surface area contributed by atoms with Gasteiger partial charge in [-0.25, -0.2) is 0 Å². The van der Waals surface area contributed by atoms with Gasteiger partial charge in [0.25, 0.3) is 0 Å². The first-order chi connectivity index (χ1) is 6.83. The number of hydrogen-bond acceptors (Lipinski definition) is 2. The van der Waals surface area contributed by atoms with Gasteiger partial charge in [0, 0.05) is 16.8 Å². The van der Waals surface area contributed by atoms with Gasteiger partial charge in [0.05, 0.1) is 12.5 Å². The lowest BCUT2D eigenvalue weighted by atomic mass is 10.1. The Morgan fingerprint density at radius 1 is 1.40 bits per heavy atom. The first kappa shape index (κ1) is 11.9. The number of anilines is 1. The van der Waals surface area contributed by atoms with Crippen molar-refractivity contribution in [2.45, 2.75) is 26.2 Å². The Hall–Kier alpha value is -1.15. The molecule has 0 aromatic heterocycles. The average molecular weight is 226 g/mol. The van der Waals surface area contributed by atoms with Crippen molar-refractivity contribution in [3.63, 3.8) is 0 Å². The summed E-state index contributed by atoms with van der Waals surface area (Å²) in [6, 6.07) is 4.06. The van der Waals surface area contributed by atoms with E-state index in [-0.39, 0.29) is 12.4 Å². The zero-order valence-electron chi connectivity index (χ0n) is 8.82. The van der Waals surface area contributed by atoms with Crippen molar-refractivity contribution >= 4 is 18.1 Å². The van der Waals surface area contributed by atoms with E-state index in [0.717, 1.165) is 23.2 Å². The zero-order valence-corrected chi connectivity index (χ0v) is 9.64. The van der Waals surface area contributed by atoms with Gasteiger partial charge >= 0.3 is 0 Å². The van der Waals surface area contributed by atoms with Crippen molar-refractivity contribution in [2.24, 2.45) is 0 Å². The molecule has 0 atom stereocenters. The van der Waals surface area contributed by atoms with Crippen LogP contribution in [0.25, 0.3) is 11.1 Å². The summed E-state index contributed by atoms with van der Waals surface area (Å²) in [5.74, 6) is 0. The number of rotatable bonds is 3. The Kier molecular flexibility index (Phi) is 4.04. The number of unbranched alkanes of at least 4 members (excludes halogenated alkanes) is 1. The lowest BCUT2D eigenvalue weighted by molar-refractivity contribution is 0.552. The fourth-order valence-electron chi connectivity index (χ4n) is 1.75. The molecule has 3 heteroatoms. The Bertz CT molecular complexity index is 397. The van der Waals surface area contributed by atoms with E-state index in [0.29, 0.717) is 0 Å². The Morgan fingerprint density at radius 2 is 2.20 bits per heavy atom. The molecular weight excluding hydrogens is 210 g/mol. The van der Waals surface area contributed by atoms with Gasteiger partial charge in [-0.3, -0.25) is 0 Å². The predicted molar refractivity (Wildman–Crippen MR) is 65.6 cm³/mol. The number of hydrogen-bond donors (Lipinski definition) is 1. The third-order valence-corrected chi connectivity index (χ3v) is 2.58. The van der Waals surface area contributed by atoms with Gasteiger partial charge in [-0.2, -0.15) is 0 Å². The van der Waals surface area contributed by atoms with E-state index in [4.69, 9.17) is 10.2 Å². The standard InChI is InChI=1S/C12H15NO.ClH/c1-2-3-4-9-7-10-8-14-6-5-11(10)12(9)13;/h5-8H,2-4,13H2,1H3;1H. The molecule has 0 bridgehead atoms. The molecule has 2 nitrogen and oxygen atoms in total. The van der Waals surface area contributed by atoms with Crippen LogP contribution in [0.2, 0.25) is 0 Å². The number of nitrogen functional groups attached to an aromatic ring is 1. The van der Waals surface area contributed by atoms with Crippen LogP contribution in [0.4, 0.5) is 5.69 Å². The van der Waals surface area contributed by atoms with Crippen LogP contribution in [0.15, 0.2) is 29.1 Å². The fraction of sp³-hybridized carbons (Fsp3) is 0.333. The Balaban J connectivity index is 0.00000112. The van der Waals surface area contributed by atoms with E-state index in [1.54, 1.807) is 12.5 Å². The molecule has 2 aliphatic rings. The highest BCUT2D eigenvalue weighted by molar-refractivity contribution is 5.85. The van der Waals surface area contributed by atoms with Crippen LogP contribution < -0.4 is 5.73 Å². The monoisotopic (exact) mass is 225 g/mol. The van der Waals surface area contributed by atoms with Crippen molar-refractivity contribution in [2.75, 3.05) is 5.73 Å². The van der Waals surface area contributed by atoms with Gasteiger partial charge < -0.3 is 10.2 Å². The van der Waals surface area contributed by atoms with Crippen molar-refractivity contribution in [3.8, 4) is 11.1 Å². The SMILES string of the molecule is CCCCc1cc2coccc-2c1N.Cl. The molecule has 0 aromatic rings. The molecule has 0 amide bonds. The lowest BCUT2D eigenvalue weighted by Gasteiger charge is -1.99. The second-order valence-corrected chi connectivity index (χ2v) is 3.61. The van der Waals surface area contributed by atoms with Crippen molar-refractivity contribution in [1.29, 1.82) is 0 Å². The van der Waals surface area contributed by atoms with Crippen molar-refractivity contribution in [1.82, 2.24) is 0 Å². The quantitative estimate of drug-likeness (QED) is 0.865. The van der Waals surface area contributed by atoms with Crippen LogP contribution in [-0.2, 0) is 6.42 Å². The lowest BCUT2D eigenvalue weighted by Crippen LogP contribution is -1.90. The third kappa shape index (κ3) is 2.26. The largest absolute Gasteiger partial charge is 0.472 e. The average Bonchev–Trinajstić information content (AvgIpc) is 2.54. The summed E-state index contributed by atoms with van der Waals surface area (Å²) < 4.78 is 5.11. The molecule has 15 heavy (non-hydrogen) atoms. The highest BCUT2D eigenvalue weighted by atomic mass is 35.5. The number of nitrogens with two attached hydrogens (primary N) is 1. The smallest absolute Gasteiger partial charge is 0.0980 e. The summed E-state index contributed by atoms with van der Waals surface area (Å²) in [7, 11) is 0. The third-order valence-electron chi connectivity index (χ3n) is 2.58. The topological polar surface area (TPSA) is 39.2 Å². The molecule has 2 N–H and O–H groups in total. The molecular formula is C12H16ClNO. The molecule has 1 aliphatic heterocycles. The van der Waals surface area contributed by atoms with Crippen LogP contribution >= 0.6 is 12.4 Å². The fourth-order valence-corrected chi connectivity index (χ4v) is 1.75. The molecule has 1 heterocycles. The van der Waals surface area contributed by atoms with E-state index in [1.165, 1.54) is 18.4 Å². The zero-order chi connectivity index (χ0) is 9.97. The maximum Gasteiger partial charge on any atom is 0.0980 e. The summed E-state index contributed by atoms with van der Waals surface area (Å²) in [4.78, 5) is 0. The highest BCUT2D eigenvalue weighted by Gasteiger charge is 2.12. The molecule has 0 saturated carbocycles. The Morgan fingerprint density at radius 3 is 2.87 bits per heavy atom. The van der Waals surface area contributed by atoms with Gasteiger partial charge in [0.2, 0.25) is 0 Å². The van der Waals surface area contributed by atoms with Gasteiger partial charge in [-0.15, -0.1) is 12.4 Å². The number of aryl methyl sites for hydroxylation is 1. The van der Waals surface area contributed by atoms with Gasteiger partial charge in [-0.1, -0.05) is 13.3 Å². The van der Waals surface area contributed by atoms with E-state index in [2.05, 4.69) is 13.0 Å². The summed E-state index contributed by atoms with van der Waals surface area (Å²) in [6.45, 7) is 2.19. The van der Waals surface area contributed by atoms with Crippen LogP contribution in [0, 0.1) is 0 Å². The van der Waals surface area contributed by atoms with Crippen LogP contribution in [-0.4, -0.2) is 0 Å². The number of halogens is 1. The number of fused-ring (bicyclic) bond motifs is 1. The molecule has 1 aliphatic carbocycles. The van der Waals surface area contributed by atoms with E-state index in [9.17, 15) is 0 Å². The van der Waals surface area contributed by atoms with Crippen molar-refractivity contribution < 1.29 is 4.42 Å². The minimum atomic E-state index is 0. The molecule has 82 valence electrons. The molecule has 0 unspecified atom stereocenters. The first-order valence-corrected chi connectivity index (χ1v) is 5.06. The minimum Gasteiger partial charge on any atom is -0.472 e. The summed E-state index contributed by atoms with van der Waals surface area (Å²) in [6.07, 6.45) is 6.88.